The Hall–Kier alpha value is -1.66. The van der Waals surface area contributed by atoms with Gasteiger partial charge < -0.3 is 14.8 Å². The molecule has 6 heteroatoms. The van der Waals surface area contributed by atoms with E-state index >= 15 is 0 Å². The molecule has 0 amide bonds. The molecule has 5 nitrogen and oxygen atoms in total. The van der Waals surface area contributed by atoms with Gasteiger partial charge in [0, 0.05) is 23.4 Å². The zero-order valence-electron chi connectivity index (χ0n) is 12.8. The molecule has 0 saturated heterocycles. The molecule has 0 aliphatic carbocycles. The first kappa shape index (κ1) is 15.7. The fraction of sp³-hybridized carbons (Fsp3) is 0.467. The molecular weight excluding hydrogens is 286 g/mol. The third-order valence-corrected chi connectivity index (χ3v) is 4.55. The Labute approximate surface area is 129 Å². The predicted octanol–water partition coefficient (Wildman–Crippen LogP) is 2.62. The van der Waals surface area contributed by atoms with Crippen LogP contribution in [-0.4, -0.2) is 30.7 Å². The highest BCUT2D eigenvalue weighted by Gasteiger charge is 2.22. The normalized spacial score (nSPS) is 11.4. The minimum Gasteiger partial charge on any atom is -0.481 e. The van der Waals surface area contributed by atoms with E-state index in [2.05, 4.69) is 46.6 Å². The Balaban J connectivity index is 2.04. The van der Waals surface area contributed by atoms with E-state index in [4.69, 9.17) is 9.47 Å². The van der Waals surface area contributed by atoms with Crippen LogP contribution in [0.25, 0.3) is 0 Å². The molecule has 0 radical (unpaired) electrons. The molecular formula is C15H21N3O2S. The summed E-state index contributed by atoms with van der Waals surface area (Å²) in [6, 6.07) is 4.25. The summed E-state index contributed by atoms with van der Waals surface area (Å²) in [6.07, 6.45) is 1.44. The third-order valence-electron chi connectivity index (χ3n) is 3.31. The lowest BCUT2D eigenvalue weighted by Crippen LogP contribution is -2.32. The van der Waals surface area contributed by atoms with E-state index in [0.29, 0.717) is 18.3 Å². The summed E-state index contributed by atoms with van der Waals surface area (Å²) in [5, 5.41) is 5.55. The summed E-state index contributed by atoms with van der Waals surface area (Å²) in [5.74, 6) is 1.09. The zero-order chi connectivity index (χ0) is 15.3. The average Bonchev–Trinajstić information content (AvgIpc) is 3.02. The molecule has 2 aromatic heterocycles. The molecule has 0 aliphatic rings. The van der Waals surface area contributed by atoms with Gasteiger partial charge in [-0.3, -0.25) is 0 Å². The monoisotopic (exact) mass is 307 g/mol. The van der Waals surface area contributed by atoms with Gasteiger partial charge in [0.25, 0.3) is 0 Å². The van der Waals surface area contributed by atoms with Crippen molar-refractivity contribution in [2.75, 3.05) is 20.8 Å². The van der Waals surface area contributed by atoms with Crippen molar-refractivity contribution >= 4 is 11.3 Å². The molecule has 0 aliphatic heterocycles. The molecule has 0 unspecified atom stereocenters. The molecule has 0 atom stereocenters. The Kier molecular flexibility index (Phi) is 5.14. The zero-order valence-corrected chi connectivity index (χ0v) is 13.7. The first-order valence-corrected chi connectivity index (χ1v) is 7.63. The Morgan fingerprint density at radius 3 is 2.38 bits per heavy atom. The van der Waals surface area contributed by atoms with Crippen LogP contribution in [0, 0.1) is 0 Å². The maximum Gasteiger partial charge on any atom is 0.224 e. The second-order valence-corrected chi connectivity index (χ2v) is 6.28. The van der Waals surface area contributed by atoms with Gasteiger partial charge in [0.05, 0.1) is 19.8 Å². The number of methoxy groups -OCH3 is 2. The summed E-state index contributed by atoms with van der Waals surface area (Å²) < 4.78 is 10.5. The highest BCUT2D eigenvalue weighted by Crippen LogP contribution is 2.27. The van der Waals surface area contributed by atoms with Crippen molar-refractivity contribution in [2.45, 2.75) is 25.8 Å². The van der Waals surface area contributed by atoms with Crippen LogP contribution in [0.2, 0.25) is 0 Å². The average molecular weight is 307 g/mol. The molecule has 0 aromatic carbocycles. The lowest BCUT2D eigenvalue weighted by Gasteiger charge is -2.24. The van der Waals surface area contributed by atoms with Crippen LogP contribution in [0.5, 0.6) is 11.8 Å². The quantitative estimate of drug-likeness (QED) is 0.852. The van der Waals surface area contributed by atoms with Gasteiger partial charge in [-0.2, -0.15) is 0 Å². The Morgan fingerprint density at radius 2 is 1.86 bits per heavy atom. The maximum absolute atomic E-state index is 5.27. The summed E-state index contributed by atoms with van der Waals surface area (Å²) in [6.45, 7) is 5.89. The summed E-state index contributed by atoms with van der Waals surface area (Å²) in [7, 11) is 3.20. The van der Waals surface area contributed by atoms with Crippen LogP contribution in [0.4, 0.5) is 0 Å². The molecule has 2 heterocycles. The molecule has 21 heavy (non-hydrogen) atoms. The maximum atomic E-state index is 5.27. The SMILES string of the molecule is COc1ncnc(OC)c1CNCC(C)(C)c1cccs1. The van der Waals surface area contributed by atoms with Crippen molar-refractivity contribution in [1.82, 2.24) is 15.3 Å². The van der Waals surface area contributed by atoms with E-state index in [9.17, 15) is 0 Å². The van der Waals surface area contributed by atoms with E-state index in [1.807, 2.05) is 0 Å². The van der Waals surface area contributed by atoms with Gasteiger partial charge in [-0.25, -0.2) is 9.97 Å². The predicted molar refractivity (Wildman–Crippen MR) is 84.2 cm³/mol. The van der Waals surface area contributed by atoms with Gasteiger partial charge in [0.1, 0.15) is 6.33 Å². The second-order valence-electron chi connectivity index (χ2n) is 5.34. The van der Waals surface area contributed by atoms with Crippen molar-refractivity contribution in [3.05, 3.63) is 34.3 Å². The largest absolute Gasteiger partial charge is 0.481 e. The highest BCUT2D eigenvalue weighted by molar-refractivity contribution is 7.10. The van der Waals surface area contributed by atoms with Gasteiger partial charge in [-0.1, -0.05) is 19.9 Å². The minimum atomic E-state index is 0.0737. The first-order chi connectivity index (χ1) is 10.1. The van der Waals surface area contributed by atoms with Crippen molar-refractivity contribution in [3.8, 4) is 11.8 Å². The van der Waals surface area contributed by atoms with E-state index < -0.39 is 0 Å². The van der Waals surface area contributed by atoms with Gasteiger partial charge in [0.2, 0.25) is 11.8 Å². The summed E-state index contributed by atoms with van der Waals surface area (Å²) >= 11 is 1.78. The van der Waals surface area contributed by atoms with Crippen LogP contribution < -0.4 is 14.8 Å². The minimum absolute atomic E-state index is 0.0737. The van der Waals surface area contributed by atoms with Crippen LogP contribution in [-0.2, 0) is 12.0 Å². The molecule has 0 fully saturated rings. The van der Waals surface area contributed by atoms with E-state index in [1.165, 1.54) is 11.2 Å². The van der Waals surface area contributed by atoms with E-state index in [0.717, 1.165) is 12.1 Å². The van der Waals surface area contributed by atoms with Crippen LogP contribution >= 0.6 is 11.3 Å². The van der Waals surface area contributed by atoms with Gasteiger partial charge in [-0.15, -0.1) is 11.3 Å². The molecule has 0 spiro atoms. The highest BCUT2D eigenvalue weighted by atomic mass is 32.1. The number of nitrogens with zero attached hydrogens (tertiary/aromatic N) is 2. The molecule has 2 aromatic rings. The molecule has 2 rings (SSSR count). The van der Waals surface area contributed by atoms with Crippen molar-refractivity contribution in [3.63, 3.8) is 0 Å². The van der Waals surface area contributed by atoms with Crippen molar-refractivity contribution in [1.29, 1.82) is 0 Å². The topological polar surface area (TPSA) is 56.3 Å². The Morgan fingerprint density at radius 1 is 1.19 bits per heavy atom. The fourth-order valence-electron chi connectivity index (χ4n) is 2.13. The first-order valence-electron chi connectivity index (χ1n) is 6.75. The molecule has 114 valence electrons. The number of rotatable bonds is 7. The van der Waals surface area contributed by atoms with Crippen molar-refractivity contribution < 1.29 is 9.47 Å². The third kappa shape index (κ3) is 3.71. The van der Waals surface area contributed by atoms with Crippen LogP contribution in [0.1, 0.15) is 24.3 Å². The molecule has 0 bridgehead atoms. The van der Waals surface area contributed by atoms with Gasteiger partial charge in [0.15, 0.2) is 0 Å². The van der Waals surface area contributed by atoms with E-state index in [-0.39, 0.29) is 5.41 Å². The molecule has 1 N–H and O–H groups in total. The molecule has 0 saturated carbocycles. The van der Waals surface area contributed by atoms with Gasteiger partial charge >= 0.3 is 0 Å². The lowest BCUT2D eigenvalue weighted by molar-refractivity contribution is 0.357. The number of ether oxygens (including phenoxy) is 2. The summed E-state index contributed by atoms with van der Waals surface area (Å²) in [4.78, 5) is 9.60. The smallest absolute Gasteiger partial charge is 0.224 e. The van der Waals surface area contributed by atoms with Crippen molar-refractivity contribution in [2.24, 2.45) is 0 Å². The van der Waals surface area contributed by atoms with Crippen LogP contribution in [0.15, 0.2) is 23.8 Å². The summed E-state index contributed by atoms with van der Waals surface area (Å²) in [5.41, 5.74) is 0.911. The lowest BCUT2D eigenvalue weighted by atomic mass is 9.91. The number of nitrogens with one attached hydrogen (secondary N) is 1. The number of aromatic nitrogens is 2. The Bertz CT molecular complexity index is 548. The van der Waals surface area contributed by atoms with Gasteiger partial charge in [-0.05, 0) is 11.4 Å². The number of thiophene rings is 1. The number of hydrogen-bond acceptors (Lipinski definition) is 6. The van der Waals surface area contributed by atoms with Crippen LogP contribution in [0.3, 0.4) is 0 Å². The van der Waals surface area contributed by atoms with E-state index in [1.54, 1.807) is 25.6 Å². The standard InChI is InChI=1S/C15H21N3O2S/c1-15(2,12-6-5-7-21-12)9-16-8-11-13(19-3)17-10-18-14(11)20-4/h5-7,10,16H,8-9H2,1-4H3. The fourth-order valence-corrected chi connectivity index (χ4v) is 2.99. The second kappa shape index (κ2) is 6.87. The number of hydrogen-bond donors (Lipinski definition) is 1.